The Balaban J connectivity index is 1.93. The maximum atomic E-state index is 10.2. The predicted octanol–water partition coefficient (Wildman–Crippen LogP) is 2.02. The van der Waals surface area contributed by atoms with E-state index in [1.807, 2.05) is 17.5 Å². The van der Waals surface area contributed by atoms with E-state index in [-0.39, 0.29) is 6.04 Å². The summed E-state index contributed by atoms with van der Waals surface area (Å²) in [6.07, 6.45) is 1.17. The van der Waals surface area contributed by atoms with Crippen molar-refractivity contribution >= 4 is 11.3 Å². The molecule has 16 heavy (non-hydrogen) atoms. The van der Waals surface area contributed by atoms with Crippen LogP contribution in [0.5, 0.6) is 0 Å². The lowest BCUT2D eigenvalue weighted by atomic mass is 10.0. The van der Waals surface area contributed by atoms with Crippen LogP contribution in [-0.2, 0) is 6.54 Å². The van der Waals surface area contributed by atoms with Crippen LogP contribution in [0.1, 0.15) is 28.3 Å². The highest BCUT2D eigenvalue weighted by Crippen LogP contribution is 2.35. The molecule has 2 N–H and O–H groups in total. The van der Waals surface area contributed by atoms with E-state index in [9.17, 15) is 5.11 Å². The van der Waals surface area contributed by atoms with Crippen LogP contribution in [0.15, 0.2) is 35.8 Å². The Kier molecular flexibility index (Phi) is 2.47. The number of hydrogen-bond donors (Lipinski definition) is 2. The predicted molar refractivity (Wildman–Crippen MR) is 63.1 cm³/mol. The van der Waals surface area contributed by atoms with Gasteiger partial charge in [0.15, 0.2) is 0 Å². The number of thiazole rings is 1. The van der Waals surface area contributed by atoms with Gasteiger partial charge < -0.3 is 10.4 Å². The molecule has 2 atom stereocenters. The van der Waals surface area contributed by atoms with E-state index >= 15 is 0 Å². The van der Waals surface area contributed by atoms with Gasteiger partial charge in [-0.2, -0.15) is 0 Å². The number of nitrogens with zero attached hydrogens (tertiary/aromatic N) is 1. The molecule has 0 saturated carbocycles. The number of aromatic nitrogens is 1. The lowest BCUT2D eigenvalue weighted by molar-refractivity contribution is 0.133. The standard InChI is InChI=1S/C12H12N2OS/c15-11(12-13-5-6-16-12)10-9-4-2-1-3-8(9)7-14-10/h1-6,10-11,14-15H,7H2. The third-order valence-corrected chi connectivity index (χ3v) is 3.77. The van der Waals surface area contributed by atoms with Gasteiger partial charge in [-0.25, -0.2) is 4.98 Å². The fourth-order valence-corrected chi connectivity index (χ4v) is 2.79. The molecule has 1 aliphatic rings. The summed E-state index contributed by atoms with van der Waals surface area (Å²) < 4.78 is 0. The summed E-state index contributed by atoms with van der Waals surface area (Å²) in [6, 6.07) is 8.17. The highest BCUT2D eigenvalue weighted by molar-refractivity contribution is 7.09. The minimum absolute atomic E-state index is 0.0256. The summed E-state index contributed by atoms with van der Waals surface area (Å²) in [5.74, 6) is 0. The summed E-state index contributed by atoms with van der Waals surface area (Å²) in [5, 5.41) is 16.2. The van der Waals surface area contributed by atoms with Crippen molar-refractivity contribution in [2.24, 2.45) is 0 Å². The van der Waals surface area contributed by atoms with Gasteiger partial charge in [0.1, 0.15) is 11.1 Å². The third-order valence-electron chi connectivity index (χ3n) is 2.92. The van der Waals surface area contributed by atoms with Gasteiger partial charge in [-0.3, -0.25) is 0 Å². The van der Waals surface area contributed by atoms with E-state index in [1.165, 1.54) is 22.5 Å². The molecule has 0 amide bonds. The second-order valence-corrected chi connectivity index (χ2v) is 4.80. The van der Waals surface area contributed by atoms with Gasteiger partial charge in [-0.1, -0.05) is 24.3 Å². The second-order valence-electron chi connectivity index (χ2n) is 3.87. The summed E-state index contributed by atoms with van der Waals surface area (Å²) in [4.78, 5) is 4.16. The van der Waals surface area contributed by atoms with Gasteiger partial charge >= 0.3 is 0 Å². The Labute approximate surface area is 97.8 Å². The van der Waals surface area contributed by atoms with Gasteiger partial charge in [0.25, 0.3) is 0 Å². The molecule has 0 bridgehead atoms. The largest absolute Gasteiger partial charge is 0.384 e. The first kappa shape index (κ1) is 9.96. The van der Waals surface area contributed by atoms with Crippen LogP contribution in [0, 0.1) is 0 Å². The fourth-order valence-electron chi connectivity index (χ4n) is 2.13. The molecule has 0 saturated heterocycles. The van der Waals surface area contributed by atoms with E-state index in [1.54, 1.807) is 6.20 Å². The monoisotopic (exact) mass is 232 g/mol. The molecule has 3 nitrogen and oxygen atoms in total. The van der Waals surface area contributed by atoms with Crippen molar-refractivity contribution in [1.29, 1.82) is 0 Å². The topological polar surface area (TPSA) is 45.2 Å². The lowest BCUT2D eigenvalue weighted by Gasteiger charge is -2.17. The third kappa shape index (κ3) is 1.55. The van der Waals surface area contributed by atoms with Crippen molar-refractivity contribution in [2.75, 3.05) is 0 Å². The zero-order valence-electron chi connectivity index (χ0n) is 8.63. The Morgan fingerprint density at radius 1 is 1.44 bits per heavy atom. The molecule has 1 aliphatic heterocycles. The van der Waals surface area contributed by atoms with Gasteiger partial charge in [0.05, 0.1) is 6.04 Å². The smallest absolute Gasteiger partial charge is 0.125 e. The zero-order chi connectivity index (χ0) is 11.0. The molecule has 3 rings (SSSR count). The summed E-state index contributed by atoms with van der Waals surface area (Å²) in [6.45, 7) is 0.823. The van der Waals surface area contributed by atoms with Crippen molar-refractivity contribution in [1.82, 2.24) is 10.3 Å². The molecule has 0 spiro atoms. The molecule has 1 aromatic carbocycles. The summed E-state index contributed by atoms with van der Waals surface area (Å²) >= 11 is 1.49. The van der Waals surface area contributed by atoms with Crippen molar-refractivity contribution in [2.45, 2.75) is 18.7 Å². The Bertz CT molecular complexity index is 484. The van der Waals surface area contributed by atoms with Gasteiger partial charge in [0, 0.05) is 18.1 Å². The van der Waals surface area contributed by atoms with Crippen LogP contribution < -0.4 is 5.32 Å². The Hall–Kier alpha value is -1.23. The van der Waals surface area contributed by atoms with Crippen molar-refractivity contribution < 1.29 is 5.11 Å². The number of aliphatic hydroxyl groups excluding tert-OH is 1. The Morgan fingerprint density at radius 2 is 2.31 bits per heavy atom. The van der Waals surface area contributed by atoms with Crippen LogP contribution in [-0.4, -0.2) is 10.1 Å². The van der Waals surface area contributed by atoms with Crippen molar-refractivity contribution in [3.63, 3.8) is 0 Å². The van der Waals surface area contributed by atoms with E-state index in [0.29, 0.717) is 0 Å². The lowest BCUT2D eigenvalue weighted by Crippen LogP contribution is -2.20. The molecule has 0 fully saturated rings. The number of nitrogens with one attached hydrogen (secondary N) is 1. The fraction of sp³-hybridized carbons (Fsp3) is 0.250. The van der Waals surface area contributed by atoms with Gasteiger partial charge in [-0.05, 0) is 11.1 Å². The molecular formula is C12H12N2OS. The SMILES string of the molecule is OC(c1nccs1)C1NCc2ccccc21. The first-order valence-corrected chi connectivity index (χ1v) is 6.13. The molecule has 2 heterocycles. The molecule has 0 radical (unpaired) electrons. The first-order chi connectivity index (χ1) is 7.86. The summed E-state index contributed by atoms with van der Waals surface area (Å²) in [7, 11) is 0. The minimum atomic E-state index is -0.552. The van der Waals surface area contributed by atoms with Crippen LogP contribution in [0.3, 0.4) is 0 Å². The van der Waals surface area contributed by atoms with Gasteiger partial charge in [0.2, 0.25) is 0 Å². The van der Waals surface area contributed by atoms with Crippen LogP contribution in [0.2, 0.25) is 0 Å². The average Bonchev–Trinajstić information content (AvgIpc) is 2.98. The molecule has 4 heteroatoms. The zero-order valence-corrected chi connectivity index (χ0v) is 9.45. The van der Waals surface area contributed by atoms with Crippen LogP contribution in [0.4, 0.5) is 0 Å². The highest BCUT2D eigenvalue weighted by Gasteiger charge is 2.29. The first-order valence-electron chi connectivity index (χ1n) is 5.25. The van der Waals surface area contributed by atoms with Crippen LogP contribution in [0.25, 0.3) is 0 Å². The second kappa shape index (κ2) is 3.97. The number of benzene rings is 1. The Morgan fingerprint density at radius 3 is 3.12 bits per heavy atom. The summed E-state index contributed by atoms with van der Waals surface area (Å²) in [5.41, 5.74) is 2.45. The van der Waals surface area contributed by atoms with Crippen molar-refractivity contribution in [3.8, 4) is 0 Å². The van der Waals surface area contributed by atoms with E-state index in [4.69, 9.17) is 0 Å². The maximum Gasteiger partial charge on any atom is 0.125 e. The normalized spacial score (nSPS) is 20.7. The van der Waals surface area contributed by atoms with Crippen LogP contribution >= 0.6 is 11.3 Å². The molecular weight excluding hydrogens is 220 g/mol. The minimum Gasteiger partial charge on any atom is -0.384 e. The molecule has 0 aliphatic carbocycles. The van der Waals surface area contributed by atoms with E-state index in [0.717, 1.165) is 11.6 Å². The number of fused-ring (bicyclic) bond motifs is 1. The average molecular weight is 232 g/mol. The molecule has 82 valence electrons. The maximum absolute atomic E-state index is 10.2. The number of aliphatic hydroxyl groups is 1. The molecule has 2 unspecified atom stereocenters. The molecule has 1 aromatic heterocycles. The van der Waals surface area contributed by atoms with E-state index < -0.39 is 6.10 Å². The van der Waals surface area contributed by atoms with Crippen molar-refractivity contribution in [3.05, 3.63) is 52.0 Å². The number of rotatable bonds is 2. The van der Waals surface area contributed by atoms with Gasteiger partial charge in [-0.15, -0.1) is 11.3 Å². The number of hydrogen-bond acceptors (Lipinski definition) is 4. The molecule has 2 aromatic rings. The van der Waals surface area contributed by atoms with E-state index in [2.05, 4.69) is 22.4 Å². The highest BCUT2D eigenvalue weighted by atomic mass is 32.1. The quantitative estimate of drug-likeness (QED) is 0.832.